The Morgan fingerprint density at radius 2 is 1.96 bits per heavy atom. The maximum absolute atomic E-state index is 12.4. The van der Waals surface area contributed by atoms with Crippen molar-refractivity contribution in [3.8, 4) is 0 Å². The van der Waals surface area contributed by atoms with Gasteiger partial charge in [-0.2, -0.15) is 0 Å². The highest BCUT2D eigenvalue weighted by Gasteiger charge is 2.29. The first-order valence-electron chi connectivity index (χ1n) is 9.43. The molecule has 1 amide bonds. The Morgan fingerprint density at radius 1 is 1.27 bits per heavy atom. The number of amides is 1. The molecule has 5 nitrogen and oxygen atoms in total. The van der Waals surface area contributed by atoms with Crippen LogP contribution in [0.3, 0.4) is 0 Å². The van der Waals surface area contributed by atoms with Gasteiger partial charge >= 0.3 is 0 Å². The zero-order valence-corrected chi connectivity index (χ0v) is 17.3. The summed E-state index contributed by atoms with van der Waals surface area (Å²) in [7, 11) is 0. The van der Waals surface area contributed by atoms with Crippen LogP contribution in [0.2, 0.25) is 0 Å². The van der Waals surface area contributed by atoms with Crippen molar-refractivity contribution < 1.29 is 4.79 Å². The molecule has 1 saturated carbocycles. The second kappa shape index (κ2) is 8.33. The Kier molecular flexibility index (Phi) is 6.12. The van der Waals surface area contributed by atoms with Crippen LogP contribution < -0.4 is 5.32 Å². The monoisotopic (exact) mass is 418 g/mol. The van der Waals surface area contributed by atoms with Crippen LogP contribution in [0, 0.1) is 12.8 Å². The number of carbonyl (C=O) groups excluding carboxylic acids is 1. The minimum absolute atomic E-state index is 0.0141. The van der Waals surface area contributed by atoms with E-state index in [9.17, 15) is 4.79 Å². The van der Waals surface area contributed by atoms with Gasteiger partial charge in [-0.05, 0) is 49.8 Å². The molecule has 1 aromatic carbocycles. The third kappa shape index (κ3) is 4.72. The predicted molar refractivity (Wildman–Crippen MR) is 107 cm³/mol. The van der Waals surface area contributed by atoms with Gasteiger partial charge in [0.2, 0.25) is 5.91 Å². The first-order chi connectivity index (χ1) is 12.5. The molecular weight excluding hydrogens is 392 g/mol. The molecule has 0 aliphatic heterocycles. The van der Waals surface area contributed by atoms with Crippen molar-refractivity contribution in [2.45, 2.75) is 65.3 Å². The number of halogens is 1. The fourth-order valence-corrected chi connectivity index (χ4v) is 3.42. The third-order valence-corrected chi connectivity index (χ3v) is 5.67. The maximum Gasteiger partial charge on any atom is 0.224 e. The van der Waals surface area contributed by atoms with Gasteiger partial charge in [0.15, 0.2) is 0 Å². The van der Waals surface area contributed by atoms with E-state index in [4.69, 9.17) is 0 Å². The summed E-state index contributed by atoms with van der Waals surface area (Å²) in [4.78, 5) is 12.4. The van der Waals surface area contributed by atoms with Crippen molar-refractivity contribution in [2.75, 3.05) is 5.32 Å². The lowest BCUT2D eigenvalue weighted by atomic mass is 10.1. The van der Waals surface area contributed by atoms with Crippen LogP contribution >= 0.6 is 15.9 Å². The molecule has 1 aromatic heterocycles. The highest BCUT2D eigenvalue weighted by Crippen LogP contribution is 2.37. The highest BCUT2D eigenvalue weighted by atomic mass is 79.9. The van der Waals surface area contributed by atoms with Crippen molar-refractivity contribution in [3.05, 3.63) is 39.9 Å². The molecule has 0 radical (unpaired) electrons. The Hall–Kier alpha value is -1.69. The van der Waals surface area contributed by atoms with Crippen molar-refractivity contribution in [3.63, 3.8) is 0 Å². The average molecular weight is 419 g/mol. The van der Waals surface area contributed by atoms with Crippen LogP contribution in [0.5, 0.6) is 0 Å². The van der Waals surface area contributed by atoms with Crippen LogP contribution in [0.25, 0.3) is 0 Å². The van der Waals surface area contributed by atoms with Crippen LogP contribution in [0.1, 0.15) is 62.8 Å². The molecule has 0 saturated heterocycles. The summed E-state index contributed by atoms with van der Waals surface area (Å²) in [6, 6.07) is 6.37. The lowest BCUT2D eigenvalue weighted by molar-refractivity contribution is -0.116. The number of rotatable bonds is 8. The summed E-state index contributed by atoms with van der Waals surface area (Å²) in [6.07, 6.45) is 5.52. The number of carbonyl (C=O) groups is 1. The first kappa shape index (κ1) is 19.1. The number of aryl methyl sites for hydroxylation is 2. The van der Waals surface area contributed by atoms with Gasteiger partial charge in [0, 0.05) is 35.5 Å². The zero-order chi connectivity index (χ0) is 18.7. The molecule has 1 heterocycles. The smallest absolute Gasteiger partial charge is 0.224 e. The summed E-state index contributed by atoms with van der Waals surface area (Å²) in [5, 5.41) is 11.8. The summed E-state index contributed by atoms with van der Waals surface area (Å²) in [5.74, 6) is 2.70. The van der Waals surface area contributed by atoms with Gasteiger partial charge in [0.05, 0.1) is 0 Å². The van der Waals surface area contributed by atoms with E-state index in [0.717, 1.165) is 40.2 Å². The molecule has 1 N–H and O–H groups in total. The number of nitrogens with zero attached hydrogens (tertiary/aromatic N) is 3. The number of hydrogen-bond donors (Lipinski definition) is 1. The molecule has 1 fully saturated rings. The minimum Gasteiger partial charge on any atom is -0.326 e. The van der Waals surface area contributed by atoms with E-state index in [0.29, 0.717) is 24.8 Å². The number of hydrogen-bond acceptors (Lipinski definition) is 3. The van der Waals surface area contributed by atoms with Crippen molar-refractivity contribution in [2.24, 2.45) is 5.92 Å². The highest BCUT2D eigenvalue weighted by molar-refractivity contribution is 9.10. The van der Waals surface area contributed by atoms with E-state index in [1.165, 1.54) is 12.8 Å². The lowest BCUT2D eigenvalue weighted by Gasteiger charge is -2.11. The molecule has 0 spiro atoms. The van der Waals surface area contributed by atoms with Gasteiger partial charge in [-0.25, -0.2) is 0 Å². The summed E-state index contributed by atoms with van der Waals surface area (Å²) >= 11 is 3.50. The largest absolute Gasteiger partial charge is 0.326 e. The second-order valence-electron chi connectivity index (χ2n) is 7.53. The van der Waals surface area contributed by atoms with Gasteiger partial charge in [-0.15, -0.1) is 10.2 Å². The van der Waals surface area contributed by atoms with E-state index in [1.54, 1.807) is 0 Å². The zero-order valence-electron chi connectivity index (χ0n) is 15.8. The number of aromatic nitrogens is 3. The minimum atomic E-state index is 0.0141. The maximum atomic E-state index is 12.4. The van der Waals surface area contributed by atoms with Gasteiger partial charge in [-0.3, -0.25) is 4.79 Å². The fourth-order valence-electron chi connectivity index (χ4n) is 3.05. The average Bonchev–Trinajstić information content (AvgIpc) is 3.35. The van der Waals surface area contributed by atoms with Crippen LogP contribution in [0.15, 0.2) is 22.7 Å². The van der Waals surface area contributed by atoms with E-state index in [2.05, 4.69) is 49.9 Å². The van der Waals surface area contributed by atoms with E-state index < -0.39 is 0 Å². The Bertz CT molecular complexity index is 780. The van der Waals surface area contributed by atoms with Gasteiger partial charge in [0.1, 0.15) is 11.6 Å². The molecule has 3 rings (SSSR count). The molecule has 0 atom stereocenters. The molecule has 140 valence electrons. The predicted octanol–water partition coefficient (Wildman–Crippen LogP) is 4.84. The third-order valence-electron chi connectivity index (χ3n) is 4.81. The molecule has 1 aliphatic rings. The first-order valence-corrected chi connectivity index (χ1v) is 10.2. The van der Waals surface area contributed by atoms with E-state index in [-0.39, 0.29) is 5.91 Å². The normalized spacial score (nSPS) is 14.0. The molecule has 0 unspecified atom stereocenters. The summed E-state index contributed by atoms with van der Waals surface area (Å²) in [5.41, 5.74) is 1.89. The fraction of sp³-hybridized carbons (Fsp3) is 0.550. The van der Waals surface area contributed by atoms with E-state index in [1.807, 2.05) is 25.1 Å². The van der Waals surface area contributed by atoms with Gasteiger partial charge in [-0.1, -0.05) is 35.8 Å². The van der Waals surface area contributed by atoms with Crippen molar-refractivity contribution in [1.29, 1.82) is 0 Å². The Balaban J connectivity index is 1.62. The second-order valence-corrected chi connectivity index (χ2v) is 8.38. The van der Waals surface area contributed by atoms with Crippen molar-refractivity contribution >= 4 is 27.5 Å². The number of anilines is 1. The SMILES string of the molecule is Cc1c(Br)cccc1NC(=O)CCc1nnc(CCC(C)C)n1C1CC1. The standard InChI is InChI=1S/C20H27BrN4O/c1-13(2)7-10-18-23-24-19(25(18)15-8-9-15)11-12-20(26)22-17-6-4-5-16(21)14(17)3/h4-6,13,15H,7-12H2,1-3H3,(H,22,26). The molecule has 2 aromatic rings. The molecule has 26 heavy (non-hydrogen) atoms. The number of benzene rings is 1. The molecule has 1 aliphatic carbocycles. The van der Waals surface area contributed by atoms with Gasteiger partial charge < -0.3 is 9.88 Å². The Morgan fingerprint density at radius 3 is 2.62 bits per heavy atom. The topological polar surface area (TPSA) is 59.8 Å². The summed E-state index contributed by atoms with van der Waals surface area (Å²) in [6.45, 7) is 6.45. The lowest BCUT2D eigenvalue weighted by Crippen LogP contribution is -2.15. The molecule has 6 heteroatoms. The van der Waals surface area contributed by atoms with Crippen LogP contribution in [-0.2, 0) is 17.6 Å². The van der Waals surface area contributed by atoms with Crippen molar-refractivity contribution in [1.82, 2.24) is 14.8 Å². The quantitative estimate of drug-likeness (QED) is 0.666. The Labute approximate surface area is 163 Å². The van der Waals surface area contributed by atoms with Crippen LogP contribution in [0.4, 0.5) is 5.69 Å². The molecular formula is C20H27BrN4O. The van der Waals surface area contributed by atoms with Crippen LogP contribution in [-0.4, -0.2) is 20.7 Å². The van der Waals surface area contributed by atoms with E-state index >= 15 is 0 Å². The summed E-state index contributed by atoms with van der Waals surface area (Å²) < 4.78 is 3.29. The number of nitrogens with one attached hydrogen (secondary N) is 1. The molecule has 0 bridgehead atoms. The van der Waals surface area contributed by atoms with Gasteiger partial charge in [0.25, 0.3) is 0 Å².